The Labute approximate surface area is 96.3 Å². The molecule has 2 N–H and O–H groups in total. The van der Waals surface area contributed by atoms with Gasteiger partial charge < -0.3 is 5.32 Å². The van der Waals surface area contributed by atoms with Crippen molar-refractivity contribution in [1.82, 2.24) is 15.0 Å². The van der Waals surface area contributed by atoms with Crippen molar-refractivity contribution in [2.45, 2.75) is 25.4 Å². The molecular weight excluding hydrogens is 226 g/mol. The van der Waals surface area contributed by atoms with E-state index in [0.717, 1.165) is 12.1 Å². The van der Waals surface area contributed by atoms with Crippen LogP contribution in [0.5, 0.6) is 0 Å². The molecule has 0 saturated carbocycles. The van der Waals surface area contributed by atoms with E-state index in [4.69, 9.17) is 0 Å². The van der Waals surface area contributed by atoms with Gasteiger partial charge in [-0.25, -0.2) is 18.1 Å². The Morgan fingerprint density at radius 1 is 1.25 bits per heavy atom. The lowest BCUT2D eigenvalue weighted by Crippen LogP contribution is -2.24. The van der Waals surface area contributed by atoms with Crippen LogP contribution in [0.1, 0.15) is 19.4 Å². The minimum absolute atomic E-state index is 0.0644. The number of hydrogen-bond acceptors (Lipinski definition) is 4. The summed E-state index contributed by atoms with van der Waals surface area (Å²) in [6.07, 6.45) is 1.58. The highest BCUT2D eigenvalue weighted by Crippen LogP contribution is 2.06. The van der Waals surface area contributed by atoms with Gasteiger partial charge in [-0.15, -0.1) is 0 Å². The fraction of sp³-hybridized carbons (Fsp3) is 0.500. The van der Waals surface area contributed by atoms with Crippen LogP contribution in [-0.2, 0) is 16.6 Å². The van der Waals surface area contributed by atoms with E-state index in [1.165, 1.54) is 6.07 Å². The predicted molar refractivity (Wildman–Crippen MR) is 62.5 cm³/mol. The van der Waals surface area contributed by atoms with Gasteiger partial charge in [0.25, 0.3) is 10.0 Å². The first-order valence-corrected chi connectivity index (χ1v) is 6.73. The van der Waals surface area contributed by atoms with Gasteiger partial charge in [0.05, 0.1) is 0 Å². The molecule has 1 aromatic heterocycles. The molecule has 6 heteroatoms. The van der Waals surface area contributed by atoms with Gasteiger partial charge in [0, 0.05) is 19.3 Å². The lowest BCUT2D eigenvalue weighted by atomic mass is 10.3. The van der Waals surface area contributed by atoms with Crippen LogP contribution >= 0.6 is 0 Å². The summed E-state index contributed by atoms with van der Waals surface area (Å²) in [5, 5.41) is 3.21. The molecule has 0 amide bonds. The molecule has 1 aromatic rings. The lowest BCUT2D eigenvalue weighted by Gasteiger charge is -2.05. The van der Waals surface area contributed by atoms with Crippen LogP contribution in [0.4, 0.5) is 0 Å². The molecule has 0 aliphatic heterocycles. The van der Waals surface area contributed by atoms with Crippen LogP contribution in [0.2, 0.25) is 0 Å². The first-order chi connectivity index (χ1) is 7.60. The molecule has 1 heterocycles. The van der Waals surface area contributed by atoms with Crippen LogP contribution in [0.15, 0.2) is 23.4 Å². The average molecular weight is 243 g/mol. The van der Waals surface area contributed by atoms with Gasteiger partial charge in [-0.1, -0.05) is 19.9 Å². The van der Waals surface area contributed by atoms with Crippen LogP contribution < -0.4 is 10.0 Å². The number of hydrogen-bond donors (Lipinski definition) is 2. The molecule has 0 fully saturated rings. The maximum absolute atomic E-state index is 11.6. The van der Waals surface area contributed by atoms with Crippen molar-refractivity contribution in [3.63, 3.8) is 0 Å². The molecule has 0 bridgehead atoms. The summed E-state index contributed by atoms with van der Waals surface area (Å²) in [7, 11) is -3.43. The van der Waals surface area contributed by atoms with Crippen molar-refractivity contribution >= 4 is 10.0 Å². The van der Waals surface area contributed by atoms with Crippen molar-refractivity contribution in [2.24, 2.45) is 0 Å². The zero-order valence-electron chi connectivity index (χ0n) is 9.53. The van der Waals surface area contributed by atoms with E-state index < -0.39 is 10.0 Å². The van der Waals surface area contributed by atoms with Crippen molar-refractivity contribution < 1.29 is 8.42 Å². The second-order valence-corrected chi connectivity index (χ2v) is 5.00. The quantitative estimate of drug-likeness (QED) is 0.763. The smallest absolute Gasteiger partial charge is 0.258 e. The summed E-state index contributed by atoms with van der Waals surface area (Å²) in [4.78, 5) is 3.93. The van der Waals surface area contributed by atoms with Crippen molar-refractivity contribution in [1.29, 1.82) is 0 Å². The SMILES string of the molecule is CCNCc1ccc(S(=O)(=O)NCC)nc1. The minimum Gasteiger partial charge on any atom is -0.313 e. The number of rotatable bonds is 6. The lowest BCUT2D eigenvalue weighted by molar-refractivity contribution is 0.579. The maximum Gasteiger partial charge on any atom is 0.258 e. The fourth-order valence-electron chi connectivity index (χ4n) is 1.21. The van der Waals surface area contributed by atoms with E-state index in [0.29, 0.717) is 13.1 Å². The summed E-state index contributed by atoms with van der Waals surface area (Å²) < 4.78 is 25.5. The second kappa shape index (κ2) is 5.93. The molecule has 90 valence electrons. The van der Waals surface area contributed by atoms with Crippen molar-refractivity contribution in [3.8, 4) is 0 Å². The van der Waals surface area contributed by atoms with Crippen LogP contribution in [-0.4, -0.2) is 26.5 Å². The number of sulfonamides is 1. The molecule has 0 saturated heterocycles. The van der Waals surface area contributed by atoms with Gasteiger partial charge in [0.15, 0.2) is 5.03 Å². The Bertz CT molecular complexity index is 414. The largest absolute Gasteiger partial charge is 0.313 e. The molecular formula is C10H17N3O2S. The maximum atomic E-state index is 11.6. The minimum atomic E-state index is -3.43. The number of aromatic nitrogens is 1. The van der Waals surface area contributed by atoms with Gasteiger partial charge in [-0.3, -0.25) is 0 Å². The van der Waals surface area contributed by atoms with E-state index >= 15 is 0 Å². The summed E-state index contributed by atoms with van der Waals surface area (Å²) in [6.45, 7) is 5.68. The first kappa shape index (κ1) is 13.1. The van der Waals surface area contributed by atoms with E-state index in [9.17, 15) is 8.42 Å². The molecule has 0 unspecified atom stereocenters. The number of nitrogens with zero attached hydrogens (tertiary/aromatic N) is 1. The summed E-state index contributed by atoms with van der Waals surface area (Å²) in [5.74, 6) is 0. The van der Waals surface area contributed by atoms with Crippen LogP contribution in [0, 0.1) is 0 Å². The topological polar surface area (TPSA) is 71.1 Å². The fourth-order valence-corrected chi connectivity index (χ4v) is 2.17. The summed E-state index contributed by atoms with van der Waals surface area (Å²) in [6, 6.07) is 3.28. The number of nitrogens with one attached hydrogen (secondary N) is 2. The summed E-state index contributed by atoms with van der Waals surface area (Å²) >= 11 is 0. The standard InChI is InChI=1S/C10H17N3O2S/c1-3-11-7-9-5-6-10(12-8-9)16(14,15)13-4-2/h5-6,8,11,13H,3-4,7H2,1-2H3. The molecule has 0 atom stereocenters. The second-order valence-electron chi connectivity index (χ2n) is 3.29. The molecule has 0 aliphatic rings. The molecule has 0 spiro atoms. The Morgan fingerprint density at radius 2 is 2.00 bits per heavy atom. The Hall–Kier alpha value is -0.980. The predicted octanol–water partition coefficient (Wildman–Crippen LogP) is 0.489. The van der Waals surface area contributed by atoms with E-state index in [-0.39, 0.29) is 5.03 Å². The molecule has 0 radical (unpaired) electrons. The normalized spacial score (nSPS) is 11.6. The Kier molecular flexibility index (Phi) is 4.85. The van der Waals surface area contributed by atoms with E-state index in [1.54, 1.807) is 19.2 Å². The Morgan fingerprint density at radius 3 is 2.50 bits per heavy atom. The van der Waals surface area contributed by atoms with Crippen molar-refractivity contribution in [3.05, 3.63) is 23.9 Å². The van der Waals surface area contributed by atoms with E-state index in [1.807, 2.05) is 6.92 Å². The molecule has 1 rings (SSSR count). The molecule has 0 aliphatic carbocycles. The van der Waals surface area contributed by atoms with Crippen LogP contribution in [0.25, 0.3) is 0 Å². The highest BCUT2D eigenvalue weighted by Gasteiger charge is 2.13. The molecule has 16 heavy (non-hydrogen) atoms. The van der Waals surface area contributed by atoms with E-state index in [2.05, 4.69) is 15.0 Å². The average Bonchev–Trinajstić information content (AvgIpc) is 2.27. The molecule has 0 aromatic carbocycles. The number of pyridine rings is 1. The van der Waals surface area contributed by atoms with Gasteiger partial charge in [0.2, 0.25) is 0 Å². The van der Waals surface area contributed by atoms with Crippen LogP contribution in [0.3, 0.4) is 0 Å². The zero-order chi connectivity index (χ0) is 12.0. The highest BCUT2D eigenvalue weighted by molar-refractivity contribution is 7.89. The van der Waals surface area contributed by atoms with Gasteiger partial charge in [0.1, 0.15) is 0 Å². The third-order valence-electron chi connectivity index (χ3n) is 1.99. The highest BCUT2D eigenvalue weighted by atomic mass is 32.2. The summed E-state index contributed by atoms with van der Waals surface area (Å²) in [5.41, 5.74) is 0.970. The first-order valence-electron chi connectivity index (χ1n) is 5.25. The Balaban J connectivity index is 2.78. The molecule has 5 nitrogen and oxygen atoms in total. The zero-order valence-corrected chi connectivity index (χ0v) is 10.3. The third kappa shape index (κ3) is 3.55. The monoisotopic (exact) mass is 243 g/mol. The third-order valence-corrected chi connectivity index (χ3v) is 3.45. The van der Waals surface area contributed by atoms with Crippen molar-refractivity contribution in [2.75, 3.05) is 13.1 Å². The van der Waals surface area contributed by atoms with Gasteiger partial charge in [-0.2, -0.15) is 0 Å². The van der Waals surface area contributed by atoms with Gasteiger partial charge in [-0.05, 0) is 18.2 Å². The van der Waals surface area contributed by atoms with Gasteiger partial charge >= 0.3 is 0 Å².